The van der Waals surface area contributed by atoms with E-state index in [0.717, 1.165) is 11.8 Å². The third-order valence-electron chi connectivity index (χ3n) is 1.56. The lowest BCUT2D eigenvalue weighted by molar-refractivity contribution is -0.138. The number of thioether (sulfide) groups is 1. The van der Waals surface area contributed by atoms with E-state index in [2.05, 4.69) is 0 Å². The predicted molar refractivity (Wildman–Crippen MR) is 57.5 cm³/mol. The van der Waals surface area contributed by atoms with Crippen LogP contribution in [0, 0.1) is 0 Å². The van der Waals surface area contributed by atoms with Gasteiger partial charge in [-0.1, -0.05) is 0 Å². The molecule has 0 spiro atoms. The van der Waals surface area contributed by atoms with Crippen molar-refractivity contribution in [3.05, 3.63) is 0 Å². The molecule has 0 heterocycles. The highest BCUT2D eigenvalue weighted by atomic mass is 35.5. The van der Waals surface area contributed by atoms with Crippen LogP contribution in [0.25, 0.3) is 0 Å². The fourth-order valence-corrected chi connectivity index (χ4v) is 2.04. The zero-order valence-corrected chi connectivity index (χ0v) is 9.50. The molecule has 15 heavy (non-hydrogen) atoms. The third kappa shape index (κ3) is 7.47. The van der Waals surface area contributed by atoms with Crippen molar-refractivity contribution in [1.82, 2.24) is 0 Å². The summed E-state index contributed by atoms with van der Waals surface area (Å²) in [5, 5.41) is 25.4. The topological polar surface area (TPSA) is 94.8 Å². The third-order valence-corrected chi connectivity index (χ3v) is 3.34. The number of rotatable bonds is 8. The number of carboxylic acid groups (broad SMARTS) is 2. The Morgan fingerprint density at radius 1 is 1.33 bits per heavy atom. The van der Waals surface area contributed by atoms with E-state index < -0.39 is 23.3 Å². The normalized spacial score (nSPS) is 14.5. The second kappa shape index (κ2) is 7.78. The van der Waals surface area contributed by atoms with E-state index in [1.807, 2.05) is 0 Å². The highest BCUT2D eigenvalue weighted by Crippen LogP contribution is 2.18. The summed E-state index contributed by atoms with van der Waals surface area (Å²) in [5.41, 5.74) is 0. The van der Waals surface area contributed by atoms with Crippen LogP contribution in [0.5, 0.6) is 0 Å². The number of aliphatic hydroxyl groups excluding tert-OH is 1. The van der Waals surface area contributed by atoms with Crippen LogP contribution in [0.1, 0.15) is 12.8 Å². The van der Waals surface area contributed by atoms with Gasteiger partial charge >= 0.3 is 11.9 Å². The van der Waals surface area contributed by atoms with E-state index in [1.165, 1.54) is 0 Å². The Balaban J connectivity index is 3.94. The minimum absolute atomic E-state index is 0.0400. The fourth-order valence-electron chi connectivity index (χ4n) is 0.804. The van der Waals surface area contributed by atoms with Gasteiger partial charge in [0.2, 0.25) is 0 Å². The summed E-state index contributed by atoms with van der Waals surface area (Å²) in [4.78, 5) is 20.9. The maximum atomic E-state index is 10.7. The van der Waals surface area contributed by atoms with Crippen molar-refractivity contribution in [1.29, 1.82) is 0 Å². The molecule has 3 N–H and O–H groups in total. The van der Waals surface area contributed by atoms with Crippen LogP contribution in [0.3, 0.4) is 0 Å². The minimum Gasteiger partial charge on any atom is -0.481 e. The molecule has 0 bridgehead atoms. The molecule has 0 amide bonds. The maximum Gasteiger partial charge on any atom is 0.316 e. The number of hydrogen-bond donors (Lipinski definition) is 3. The summed E-state index contributed by atoms with van der Waals surface area (Å²) in [6, 6.07) is 0. The van der Waals surface area contributed by atoms with E-state index in [1.54, 1.807) is 0 Å². The molecule has 0 aliphatic rings. The average Bonchev–Trinajstić information content (AvgIpc) is 2.16. The Labute approximate surface area is 96.4 Å². The van der Waals surface area contributed by atoms with Crippen molar-refractivity contribution in [3.63, 3.8) is 0 Å². The molecule has 0 fully saturated rings. The molecule has 0 radical (unpaired) electrons. The summed E-state index contributed by atoms with van der Waals surface area (Å²) in [7, 11) is 0. The lowest BCUT2D eigenvalue weighted by atomic mass is 10.2. The summed E-state index contributed by atoms with van der Waals surface area (Å²) < 4.78 is 0. The molecule has 0 saturated carbocycles. The predicted octanol–water partition coefficient (Wildman–Crippen LogP) is 0.637. The van der Waals surface area contributed by atoms with Crippen molar-refractivity contribution in [2.45, 2.75) is 24.2 Å². The highest BCUT2D eigenvalue weighted by molar-refractivity contribution is 8.00. The molecule has 0 rings (SSSR count). The van der Waals surface area contributed by atoms with Gasteiger partial charge in [0.25, 0.3) is 0 Å². The van der Waals surface area contributed by atoms with E-state index in [9.17, 15) is 9.59 Å². The van der Waals surface area contributed by atoms with Crippen molar-refractivity contribution in [2.24, 2.45) is 0 Å². The Morgan fingerprint density at radius 3 is 2.33 bits per heavy atom. The van der Waals surface area contributed by atoms with Crippen LogP contribution < -0.4 is 0 Å². The van der Waals surface area contributed by atoms with E-state index >= 15 is 0 Å². The van der Waals surface area contributed by atoms with Crippen LogP contribution >= 0.6 is 23.4 Å². The van der Waals surface area contributed by atoms with Crippen molar-refractivity contribution in [3.8, 4) is 0 Å². The average molecular weight is 257 g/mol. The van der Waals surface area contributed by atoms with Gasteiger partial charge in [0.05, 0.1) is 6.10 Å². The van der Waals surface area contributed by atoms with Crippen LogP contribution in [0.15, 0.2) is 0 Å². The number of hydrogen-bond acceptors (Lipinski definition) is 4. The Hall–Kier alpha value is -0.460. The molecular formula is C8H13ClO5S. The van der Waals surface area contributed by atoms with E-state index in [4.69, 9.17) is 26.9 Å². The van der Waals surface area contributed by atoms with Gasteiger partial charge in [0.1, 0.15) is 5.25 Å². The Morgan fingerprint density at radius 2 is 1.93 bits per heavy atom. The van der Waals surface area contributed by atoms with Crippen molar-refractivity contribution in [2.75, 3.05) is 11.6 Å². The minimum atomic E-state index is -1.07. The van der Waals surface area contributed by atoms with Gasteiger partial charge in [-0.25, -0.2) is 0 Å². The molecular weight excluding hydrogens is 244 g/mol. The molecule has 0 aromatic rings. The van der Waals surface area contributed by atoms with E-state index in [0.29, 0.717) is 0 Å². The lowest BCUT2D eigenvalue weighted by Crippen LogP contribution is -2.22. The number of aliphatic hydroxyl groups is 1. The summed E-state index contributed by atoms with van der Waals surface area (Å²) in [5.74, 6) is -1.86. The molecule has 0 aromatic heterocycles. The molecule has 0 saturated heterocycles. The van der Waals surface area contributed by atoms with Crippen LogP contribution in [0.4, 0.5) is 0 Å². The van der Waals surface area contributed by atoms with Gasteiger partial charge in [-0.05, 0) is 6.42 Å². The maximum absolute atomic E-state index is 10.7. The lowest BCUT2D eigenvalue weighted by Gasteiger charge is -2.12. The smallest absolute Gasteiger partial charge is 0.316 e. The van der Waals surface area contributed by atoms with Gasteiger partial charge in [-0.2, -0.15) is 0 Å². The first-order valence-corrected chi connectivity index (χ1v) is 5.86. The molecule has 2 atom stereocenters. The first-order valence-electron chi connectivity index (χ1n) is 4.27. The number of alkyl halides is 1. The van der Waals surface area contributed by atoms with Crippen LogP contribution in [0.2, 0.25) is 0 Å². The monoisotopic (exact) mass is 256 g/mol. The second-order valence-corrected chi connectivity index (χ2v) is 4.45. The highest BCUT2D eigenvalue weighted by Gasteiger charge is 2.20. The van der Waals surface area contributed by atoms with Gasteiger partial charge < -0.3 is 15.3 Å². The van der Waals surface area contributed by atoms with Gasteiger partial charge in [0.15, 0.2) is 0 Å². The fraction of sp³-hybridized carbons (Fsp3) is 0.750. The van der Waals surface area contributed by atoms with E-state index in [-0.39, 0.29) is 24.5 Å². The molecule has 5 nitrogen and oxygen atoms in total. The summed E-state index contributed by atoms with van der Waals surface area (Å²) >= 11 is 6.34. The zero-order chi connectivity index (χ0) is 11.8. The number of carboxylic acids is 2. The number of halogens is 1. The number of aliphatic carboxylic acids is 2. The zero-order valence-electron chi connectivity index (χ0n) is 7.93. The largest absolute Gasteiger partial charge is 0.481 e. The number of carbonyl (C=O) groups is 2. The molecule has 0 aliphatic heterocycles. The Bertz CT molecular complexity index is 223. The van der Waals surface area contributed by atoms with Crippen molar-refractivity contribution < 1.29 is 24.9 Å². The quantitative estimate of drug-likeness (QED) is 0.552. The summed E-state index contributed by atoms with van der Waals surface area (Å²) in [6.45, 7) is 0. The molecule has 0 aliphatic carbocycles. The molecule has 88 valence electrons. The molecule has 2 unspecified atom stereocenters. The molecule has 0 aromatic carbocycles. The van der Waals surface area contributed by atoms with Crippen LogP contribution in [-0.2, 0) is 9.59 Å². The SMILES string of the molecule is O=C(O)CCC(SCC(O)CCl)C(=O)O. The summed E-state index contributed by atoms with van der Waals surface area (Å²) in [6.07, 6.45) is -0.908. The van der Waals surface area contributed by atoms with Crippen molar-refractivity contribution >= 4 is 35.3 Å². The second-order valence-electron chi connectivity index (χ2n) is 2.90. The Kier molecular flexibility index (Phi) is 7.54. The molecule has 7 heteroatoms. The van der Waals surface area contributed by atoms with Gasteiger partial charge in [0, 0.05) is 18.1 Å². The standard InChI is InChI=1S/C8H13ClO5S/c9-3-5(10)4-15-6(8(13)14)1-2-7(11)12/h5-6,10H,1-4H2,(H,11,12)(H,13,14). The first-order chi connectivity index (χ1) is 6.97. The first kappa shape index (κ1) is 14.5. The van der Waals surface area contributed by atoms with Crippen LogP contribution in [-0.4, -0.2) is 50.2 Å². The van der Waals surface area contributed by atoms with Gasteiger partial charge in [-0.3, -0.25) is 9.59 Å². The van der Waals surface area contributed by atoms with Gasteiger partial charge in [-0.15, -0.1) is 23.4 Å².